The van der Waals surface area contributed by atoms with Gasteiger partial charge in [-0.15, -0.1) is 0 Å². The van der Waals surface area contributed by atoms with E-state index in [2.05, 4.69) is 5.10 Å². The minimum Gasteiger partial charge on any atom is -0.481 e. The lowest BCUT2D eigenvalue weighted by molar-refractivity contribution is -0.137. The average Bonchev–Trinajstić information content (AvgIpc) is 2.44. The minimum atomic E-state index is -0.826. The fourth-order valence-electron chi connectivity index (χ4n) is 1.98. The smallest absolute Gasteiger partial charge is 0.303 e. The molecule has 2 N–H and O–H groups in total. The zero-order valence-electron chi connectivity index (χ0n) is 11.3. The maximum Gasteiger partial charge on any atom is 0.303 e. The van der Waals surface area contributed by atoms with Crippen LogP contribution >= 0.6 is 0 Å². The molecule has 0 unspecified atom stereocenters. The second-order valence-corrected chi connectivity index (χ2v) is 4.65. The van der Waals surface area contributed by atoms with Crippen molar-refractivity contribution in [1.82, 2.24) is 9.78 Å². The van der Waals surface area contributed by atoms with Gasteiger partial charge in [0.05, 0.1) is 5.69 Å². The number of carbonyl (C=O) groups is 1. The monoisotopic (exact) mass is 271 g/mol. The van der Waals surface area contributed by atoms with Crippen molar-refractivity contribution >= 4 is 5.97 Å². The maximum absolute atomic E-state index is 10.6. The van der Waals surface area contributed by atoms with Gasteiger partial charge in [0, 0.05) is 18.5 Å². The fourth-order valence-corrected chi connectivity index (χ4v) is 1.98. The molecule has 0 saturated carbocycles. The number of aliphatic carboxylic acids is 1. The van der Waals surface area contributed by atoms with E-state index in [0.29, 0.717) is 18.5 Å². The van der Waals surface area contributed by atoms with Crippen molar-refractivity contribution in [3.63, 3.8) is 0 Å². The Morgan fingerprint density at radius 1 is 1.35 bits per heavy atom. The molecule has 0 bridgehead atoms. The number of hydrogen-bond acceptors (Lipinski definition) is 3. The highest BCUT2D eigenvalue weighted by Crippen LogP contribution is 2.15. The molecule has 0 atom stereocenters. The Balaban J connectivity index is 2.30. The van der Waals surface area contributed by atoms with Gasteiger partial charge < -0.3 is 5.11 Å². The van der Waals surface area contributed by atoms with Crippen LogP contribution in [0.1, 0.15) is 18.4 Å². The first-order chi connectivity index (χ1) is 9.58. The first-order valence-electron chi connectivity index (χ1n) is 6.48. The molecule has 2 rings (SSSR count). The molecule has 0 saturated heterocycles. The molecule has 0 aliphatic rings. The lowest BCUT2D eigenvalue weighted by Crippen LogP contribution is -2.25. The van der Waals surface area contributed by atoms with Gasteiger partial charge in [-0.2, -0.15) is 5.10 Å². The molecular weight excluding hydrogens is 254 g/mol. The van der Waals surface area contributed by atoms with E-state index in [1.165, 1.54) is 0 Å². The number of rotatable bonds is 5. The summed E-state index contributed by atoms with van der Waals surface area (Å²) in [4.78, 5) is 10.6. The lowest BCUT2D eigenvalue weighted by atomic mass is 10.1. The molecule has 0 spiro atoms. The summed E-state index contributed by atoms with van der Waals surface area (Å²) >= 11 is 0. The maximum atomic E-state index is 10.6. The summed E-state index contributed by atoms with van der Waals surface area (Å²) in [5.74, 6) is -0.826. The van der Waals surface area contributed by atoms with Gasteiger partial charge in [-0.1, -0.05) is 30.3 Å². The molecular formula is C15H17N3O2. The van der Waals surface area contributed by atoms with E-state index in [4.69, 9.17) is 10.5 Å². The quantitative estimate of drug-likeness (QED) is 0.875. The number of hydrogen-bond donors (Lipinski definition) is 2. The SMILES string of the molecule is Cc1cc(-c2ccccc2)nn(CCCC(=O)O)c1=N. The van der Waals surface area contributed by atoms with E-state index in [0.717, 1.165) is 16.8 Å². The molecule has 1 aromatic carbocycles. The van der Waals surface area contributed by atoms with Crippen molar-refractivity contribution in [2.75, 3.05) is 0 Å². The third-order valence-corrected chi connectivity index (χ3v) is 3.04. The third-order valence-electron chi connectivity index (χ3n) is 3.04. The van der Waals surface area contributed by atoms with Crippen molar-refractivity contribution in [1.29, 1.82) is 5.41 Å². The Bertz CT molecular complexity index is 663. The van der Waals surface area contributed by atoms with Gasteiger partial charge in [-0.05, 0) is 25.0 Å². The highest BCUT2D eigenvalue weighted by Gasteiger charge is 2.05. The Labute approximate surface area is 117 Å². The molecule has 1 heterocycles. The van der Waals surface area contributed by atoms with Crippen molar-refractivity contribution in [3.8, 4) is 11.3 Å². The van der Waals surface area contributed by atoms with Gasteiger partial charge in [-0.25, -0.2) is 4.68 Å². The summed E-state index contributed by atoms with van der Waals surface area (Å²) in [6, 6.07) is 11.6. The number of nitrogens with zero attached hydrogens (tertiary/aromatic N) is 2. The van der Waals surface area contributed by atoms with E-state index < -0.39 is 5.97 Å². The number of benzene rings is 1. The predicted octanol–water partition coefficient (Wildman–Crippen LogP) is 2.20. The second kappa shape index (κ2) is 6.14. The molecule has 5 heteroatoms. The highest BCUT2D eigenvalue weighted by molar-refractivity contribution is 5.66. The van der Waals surface area contributed by atoms with Crippen LogP contribution in [0.25, 0.3) is 11.3 Å². The first kappa shape index (κ1) is 14.0. The van der Waals surface area contributed by atoms with Gasteiger partial charge in [0.1, 0.15) is 5.49 Å². The summed E-state index contributed by atoms with van der Waals surface area (Å²) in [5, 5.41) is 21.1. The number of carboxylic acid groups (broad SMARTS) is 1. The van der Waals surface area contributed by atoms with E-state index >= 15 is 0 Å². The summed E-state index contributed by atoms with van der Waals surface area (Å²) < 4.78 is 1.57. The summed E-state index contributed by atoms with van der Waals surface area (Å²) in [6.45, 7) is 2.30. The lowest BCUT2D eigenvalue weighted by Gasteiger charge is -2.10. The van der Waals surface area contributed by atoms with E-state index in [-0.39, 0.29) is 6.42 Å². The second-order valence-electron chi connectivity index (χ2n) is 4.65. The fraction of sp³-hybridized carbons (Fsp3) is 0.267. The summed E-state index contributed by atoms with van der Waals surface area (Å²) in [5.41, 5.74) is 2.95. The van der Waals surface area contributed by atoms with Gasteiger partial charge >= 0.3 is 5.97 Å². The molecule has 0 fully saturated rings. The van der Waals surface area contributed by atoms with Crippen LogP contribution in [0.2, 0.25) is 0 Å². The zero-order valence-corrected chi connectivity index (χ0v) is 11.3. The molecule has 0 aliphatic carbocycles. The Kier molecular flexibility index (Phi) is 4.30. The van der Waals surface area contributed by atoms with Gasteiger partial charge in [0.15, 0.2) is 0 Å². The van der Waals surface area contributed by atoms with E-state index in [1.54, 1.807) is 4.68 Å². The van der Waals surface area contributed by atoms with Crippen LogP contribution in [0.3, 0.4) is 0 Å². The van der Waals surface area contributed by atoms with E-state index in [1.807, 2.05) is 43.3 Å². The molecule has 20 heavy (non-hydrogen) atoms. The summed E-state index contributed by atoms with van der Waals surface area (Å²) in [6.07, 6.45) is 0.555. The molecule has 104 valence electrons. The number of carboxylic acids is 1. The van der Waals surface area contributed by atoms with Gasteiger partial charge in [0.25, 0.3) is 0 Å². The van der Waals surface area contributed by atoms with Crippen molar-refractivity contribution in [3.05, 3.63) is 47.4 Å². The number of aryl methyl sites for hydroxylation is 2. The first-order valence-corrected chi connectivity index (χ1v) is 6.48. The third kappa shape index (κ3) is 3.32. The number of nitrogens with one attached hydrogen (secondary N) is 1. The van der Waals surface area contributed by atoms with Crippen molar-refractivity contribution in [2.24, 2.45) is 0 Å². The Hall–Kier alpha value is -2.43. The molecule has 0 amide bonds. The zero-order chi connectivity index (χ0) is 14.5. The van der Waals surface area contributed by atoms with Crippen molar-refractivity contribution < 1.29 is 9.90 Å². The Morgan fingerprint density at radius 2 is 2.05 bits per heavy atom. The van der Waals surface area contributed by atoms with Crippen LogP contribution in [0.15, 0.2) is 36.4 Å². The molecule has 0 radical (unpaired) electrons. The van der Waals surface area contributed by atoms with Crippen LogP contribution in [0.5, 0.6) is 0 Å². The van der Waals surface area contributed by atoms with Gasteiger partial charge in [-0.3, -0.25) is 10.2 Å². The van der Waals surface area contributed by atoms with Crippen LogP contribution in [-0.2, 0) is 11.3 Å². The molecule has 0 aliphatic heterocycles. The Morgan fingerprint density at radius 3 is 2.70 bits per heavy atom. The normalized spacial score (nSPS) is 10.4. The number of aromatic nitrogens is 2. The predicted molar refractivity (Wildman–Crippen MR) is 75.1 cm³/mol. The molecule has 2 aromatic rings. The van der Waals surface area contributed by atoms with Crippen molar-refractivity contribution in [2.45, 2.75) is 26.3 Å². The highest BCUT2D eigenvalue weighted by atomic mass is 16.4. The molecule has 5 nitrogen and oxygen atoms in total. The van der Waals surface area contributed by atoms with E-state index in [9.17, 15) is 4.79 Å². The van der Waals surface area contributed by atoms with Crippen LogP contribution in [0.4, 0.5) is 0 Å². The largest absolute Gasteiger partial charge is 0.481 e. The summed E-state index contributed by atoms with van der Waals surface area (Å²) in [7, 11) is 0. The average molecular weight is 271 g/mol. The van der Waals surface area contributed by atoms with Crippen LogP contribution < -0.4 is 5.49 Å². The van der Waals surface area contributed by atoms with Gasteiger partial charge in [0.2, 0.25) is 0 Å². The molecule has 1 aromatic heterocycles. The topological polar surface area (TPSA) is 79.0 Å². The van der Waals surface area contributed by atoms with Crippen LogP contribution in [-0.4, -0.2) is 20.9 Å². The standard InChI is InChI=1S/C15H17N3O2/c1-11-10-13(12-6-3-2-4-7-12)17-18(15(11)16)9-5-8-14(19)20/h2-4,6-7,10,16H,5,8-9H2,1H3,(H,19,20). The minimum absolute atomic E-state index is 0.0860. The van der Waals surface area contributed by atoms with Crippen LogP contribution in [0, 0.1) is 12.3 Å².